The van der Waals surface area contributed by atoms with Crippen molar-refractivity contribution in [2.45, 2.75) is 10.9 Å². The predicted molar refractivity (Wildman–Crippen MR) is 88.3 cm³/mol. The third kappa shape index (κ3) is 2.64. The molecule has 1 aromatic rings. The summed E-state index contributed by atoms with van der Waals surface area (Å²) in [7, 11) is 3.28. The summed E-state index contributed by atoms with van der Waals surface area (Å²) in [5, 5.41) is 6.06. The van der Waals surface area contributed by atoms with E-state index in [0.29, 0.717) is 17.1 Å². The molecule has 2 atom stereocenters. The highest BCUT2D eigenvalue weighted by molar-refractivity contribution is 9.10. The number of alkyl halides is 1. The van der Waals surface area contributed by atoms with E-state index in [1.54, 1.807) is 43.5 Å². The lowest BCUT2D eigenvalue weighted by atomic mass is 10.1. The zero-order valence-electron chi connectivity index (χ0n) is 12.2. The Bertz CT molecular complexity index is 669. The summed E-state index contributed by atoms with van der Waals surface area (Å²) in [4.78, 5) is 18.4. The normalized spacial score (nSPS) is 22.3. The van der Waals surface area contributed by atoms with Crippen LogP contribution in [0.2, 0.25) is 0 Å². The molecule has 0 fully saturated rings. The third-order valence-corrected chi connectivity index (χ3v) is 4.38. The lowest BCUT2D eigenvalue weighted by Gasteiger charge is -2.25. The number of likely N-dealkylation sites (N-methyl/N-ethyl adjacent to an activating group) is 1. The summed E-state index contributed by atoms with van der Waals surface area (Å²) in [5.41, 5.74) is 1.34. The Kier molecular flexibility index (Phi) is 3.98. The fraction of sp³-hybridized carbons (Fsp3) is 0.267. The summed E-state index contributed by atoms with van der Waals surface area (Å²) in [6, 6.07) is 3.56. The van der Waals surface area contributed by atoms with Gasteiger partial charge in [0.15, 0.2) is 0 Å². The second kappa shape index (κ2) is 5.92. The van der Waals surface area contributed by atoms with E-state index in [9.17, 15) is 4.79 Å². The van der Waals surface area contributed by atoms with Crippen molar-refractivity contribution in [3.8, 4) is 5.88 Å². The average Bonchev–Trinajstić information content (AvgIpc) is 2.94. The average molecular weight is 363 g/mol. The first-order valence-corrected chi connectivity index (χ1v) is 7.66. The van der Waals surface area contributed by atoms with E-state index in [4.69, 9.17) is 4.74 Å². The number of hydrazone groups is 1. The summed E-state index contributed by atoms with van der Waals surface area (Å²) in [6.45, 7) is 0. The van der Waals surface area contributed by atoms with Crippen molar-refractivity contribution in [3.05, 3.63) is 42.3 Å². The Morgan fingerprint density at radius 2 is 2.27 bits per heavy atom. The van der Waals surface area contributed by atoms with Crippen LogP contribution in [0.25, 0.3) is 0 Å². The first kappa shape index (κ1) is 14.8. The molecule has 0 saturated heterocycles. The monoisotopic (exact) mass is 362 g/mol. The molecule has 3 rings (SSSR count). The lowest BCUT2D eigenvalue weighted by molar-refractivity contribution is -0.114. The maximum Gasteiger partial charge on any atom is 0.257 e. The molecule has 2 aliphatic heterocycles. The number of hydrogen-bond donors (Lipinski definition) is 0. The molecular formula is C15H15BrN4O2. The van der Waals surface area contributed by atoms with Crippen LogP contribution < -0.4 is 9.64 Å². The molecule has 0 N–H and O–H groups in total. The van der Waals surface area contributed by atoms with Gasteiger partial charge >= 0.3 is 0 Å². The summed E-state index contributed by atoms with van der Waals surface area (Å²) >= 11 is 3.54. The standard InChI is InChI=1S/C15H15BrN4O2/c1-19(11-3-4-14(22-2)17-8-11)15(21)10-5-6-20-13(7-10)12(16)9-18-20/h3-9,12-13H,1-2H3. The number of methoxy groups -OCH3 is 1. The van der Waals surface area contributed by atoms with Gasteiger partial charge in [-0.15, -0.1) is 0 Å². The van der Waals surface area contributed by atoms with Crippen LogP contribution in [0.15, 0.2) is 47.4 Å². The van der Waals surface area contributed by atoms with E-state index in [1.807, 2.05) is 23.5 Å². The van der Waals surface area contributed by atoms with Crippen molar-refractivity contribution in [2.75, 3.05) is 19.1 Å². The molecule has 0 aromatic carbocycles. The van der Waals surface area contributed by atoms with Gasteiger partial charge in [-0.05, 0) is 18.2 Å². The van der Waals surface area contributed by atoms with Gasteiger partial charge in [0.2, 0.25) is 5.88 Å². The number of anilines is 1. The van der Waals surface area contributed by atoms with E-state index in [1.165, 1.54) is 0 Å². The lowest BCUT2D eigenvalue weighted by Crippen LogP contribution is -2.34. The molecule has 1 aromatic heterocycles. The minimum Gasteiger partial charge on any atom is -0.481 e. The SMILES string of the molecule is COc1ccc(N(C)C(=O)C2=CC3C(Br)C=NN3C=C2)cn1. The highest BCUT2D eigenvalue weighted by Gasteiger charge is 2.30. The molecule has 0 bridgehead atoms. The predicted octanol–water partition coefficient (Wildman–Crippen LogP) is 1.94. The van der Waals surface area contributed by atoms with E-state index in [-0.39, 0.29) is 16.8 Å². The number of fused-ring (bicyclic) bond motifs is 1. The third-order valence-electron chi connectivity index (χ3n) is 3.60. The number of nitrogens with zero attached hydrogens (tertiary/aromatic N) is 4. The van der Waals surface area contributed by atoms with Gasteiger partial charge in [-0.25, -0.2) is 4.98 Å². The Hall–Kier alpha value is -2.15. The molecule has 2 aliphatic rings. The number of hydrogen-bond acceptors (Lipinski definition) is 5. The van der Waals surface area contributed by atoms with E-state index in [2.05, 4.69) is 26.0 Å². The van der Waals surface area contributed by atoms with Crippen LogP contribution in [0.3, 0.4) is 0 Å². The second-order valence-electron chi connectivity index (χ2n) is 4.94. The maximum absolute atomic E-state index is 12.6. The van der Waals surface area contributed by atoms with Crippen LogP contribution >= 0.6 is 15.9 Å². The molecule has 1 amide bonds. The Balaban J connectivity index is 1.78. The van der Waals surface area contributed by atoms with Gasteiger partial charge in [-0.2, -0.15) is 5.10 Å². The van der Waals surface area contributed by atoms with Gasteiger partial charge in [0.05, 0.1) is 29.9 Å². The molecule has 114 valence electrons. The molecule has 0 spiro atoms. The number of halogens is 1. The summed E-state index contributed by atoms with van der Waals surface area (Å²) < 4.78 is 5.02. The van der Waals surface area contributed by atoms with Gasteiger partial charge in [0.25, 0.3) is 5.91 Å². The van der Waals surface area contributed by atoms with Gasteiger partial charge in [-0.3, -0.25) is 9.80 Å². The smallest absolute Gasteiger partial charge is 0.257 e. The largest absolute Gasteiger partial charge is 0.481 e. The molecule has 0 aliphatic carbocycles. The number of ether oxygens (including phenoxy) is 1. The quantitative estimate of drug-likeness (QED) is 0.771. The number of rotatable bonds is 3. The van der Waals surface area contributed by atoms with Gasteiger partial charge < -0.3 is 9.64 Å². The summed E-state index contributed by atoms with van der Waals surface area (Å²) in [6.07, 6.45) is 8.94. The first-order chi connectivity index (χ1) is 10.6. The Morgan fingerprint density at radius 3 is 2.95 bits per heavy atom. The first-order valence-electron chi connectivity index (χ1n) is 6.75. The van der Waals surface area contributed by atoms with Gasteiger partial charge in [-0.1, -0.05) is 15.9 Å². The number of amides is 1. The highest BCUT2D eigenvalue weighted by atomic mass is 79.9. The Labute approximate surface area is 136 Å². The minimum absolute atomic E-state index is 0.0337. The van der Waals surface area contributed by atoms with Gasteiger partial charge in [0.1, 0.15) is 0 Å². The molecule has 0 saturated carbocycles. The minimum atomic E-state index is -0.0885. The zero-order chi connectivity index (χ0) is 15.7. The van der Waals surface area contributed by atoms with Crippen LogP contribution in [-0.2, 0) is 4.79 Å². The molecule has 6 nitrogen and oxygen atoms in total. The van der Waals surface area contributed by atoms with Crippen LogP contribution in [0.5, 0.6) is 5.88 Å². The molecule has 3 heterocycles. The van der Waals surface area contributed by atoms with Crippen molar-refractivity contribution in [3.63, 3.8) is 0 Å². The molecular weight excluding hydrogens is 348 g/mol. The molecule has 0 radical (unpaired) electrons. The molecule has 22 heavy (non-hydrogen) atoms. The number of carbonyl (C=O) groups is 1. The van der Waals surface area contributed by atoms with E-state index < -0.39 is 0 Å². The van der Waals surface area contributed by atoms with Crippen LogP contribution in [-0.4, -0.2) is 47.1 Å². The van der Waals surface area contributed by atoms with Crippen molar-refractivity contribution in [1.29, 1.82) is 0 Å². The van der Waals surface area contributed by atoms with Crippen molar-refractivity contribution < 1.29 is 9.53 Å². The molecule has 2 unspecified atom stereocenters. The van der Waals surface area contributed by atoms with Crippen molar-refractivity contribution in [1.82, 2.24) is 9.99 Å². The fourth-order valence-corrected chi connectivity index (χ4v) is 2.80. The van der Waals surface area contributed by atoms with Crippen molar-refractivity contribution in [2.24, 2.45) is 5.10 Å². The maximum atomic E-state index is 12.6. The van der Waals surface area contributed by atoms with Gasteiger partial charge in [0, 0.05) is 31.1 Å². The van der Waals surface area contributed by atoms with E-state index in [0.717, 1.165) is 0 Å². The second-order valence-corrected chi connectivity index (χ2v) is 6.00. The number of pyridine rings is 1. The highest BCUT2D eigenvalue weighted by Crippen LogP contribution is 2.26. The number of aromatic nitrogens is 1. The van der Waals surface area contributed by atoms with Crippen LogP contribution in [0, 0.1) is 0 Å². The number of carbonyl (C=O) groups excluding carboxylic acids is 1. The fourth-order valence-electron chi connectivity index (χ4n) is 2.30. The van der Waals surface area contributed by atoms with E-state index >= 15 is 0 Å². The Morgan fingerprint density at radius 1 is 1.45 bits per heavy atom. The van der Waals surface area contributed by atoms with Crippen LogP contribution in [0.4, 0.5) is 5.69 Å². The molecule has 7 heteroatoms. The zero-order valence-corrected chi connectivity index (χ0v) is 13.8. The van der Waals surface area contributed by atoms with Crippen LogP contribution in [0.1, 0.15) is 0 Å². The van der Waals surface area contributed by atoms with Crippen molar-refractivity contribution >= 4 is 33.7 Å². The summed E-state index contributed by atoms with van der Waals surface area (Å²) in [5.74, 6) is 0.428. The topological polar surface area (TPSA) is 58.0 Å².